The molecule has 0 amide bonds. The van der Waals surface area contributed by atoms with Crippen LogP contribution in [-0.2, 0) is 0 Å². The number of H-pyrrole nitrogens is 2. The normalized spacial score (nSPS) is 12.8. The summed E-state index contributed by atoms with van der Waals surface area (Å²) in [6.07, 6.45) is 1.14. The van der Waals surface area contributed by atoms with E-state index in [0.29, 0.717) is 5.92 Å². The molecule has 1 aromatic carbocycles. The molecule has 2 aromatic rings. The fourth-order valence-electron chi connectivity index (χ4n) is 2.05. The maximum atomic E-state index is 11.2. The van der Waals surface area contributed by atoms with E-state index in [1.54, 1.807) is 0 Å². The first-order chi connectivity index (χ1) is 8.72. The molecule has 0 saturated carbocycles. The van der Waals surface area contributed by atoms with Gasteiger partial charge in [-0.2, -0.15) is 0 Å². The number of hydrogen-bond donors (Lipinski definition) is 4. The highest BCUT2D eigenvalue weighted by Gasteiger charge is 2.05. The molecular weight excluding hydrogens is 228 g/mol. The highest BCUT2D eigenvalue weighted by molar-refractivity contribution is 5.78. The zero-order valence-corrected chi connectivity index (χ0v) is 10.8. The van der Waals surface area contributed by atoms with Gasteiger partial charge in [-0.3, -0.25) is 0 Å². The van der Waals surface area contributed by atoms with E-state index in [4.69, 9.17) is 0 Å². The third-order valence-corrected chi connectivity index (χ3v) is 3.18. The Labute approximate surface area is 106 Å². The zero-order chi connectivity index (χ0) is 13.0. The van der Waals surface area contributed by atoms with E-state index in [2.05, 4.69) is 27.5 Å². The predicted octanol–water partition coefficient (Wildman–Crippen LogP) is 1.51. The van der Waals surface area contributed by atoms with Crippen molar-refractivity contribution in [1.82, 2.24) is 15.3 Å². The Bertz CT molecular complexity index is 557. The highest BCUT2D eigenvalue weighted by atomic mass is 16.1. The van der Waals surface area contributed by atoms with Gasteiger partial charge in [0.25, 0.3) is 0 Å². The SMILES string of the molecule is CCC(CNC)CNc1ccc2[nH]c(=O)[nH]c2c1. The molecule has 1 aromatic heterocycles. The topological polar surface area (TPSA) is 72.7 Å². The molecule has 0 radical (unpaired) electrons. The third-order valence-electron chi connectivity index (χ3n) is 3.18. The molecule has 0 saturated heterocycles. The van der Waals surface area contributed by atoms with E-state index in [0.717, 1.165) is 36.2 Å². The van der Waals surface area contributed by atoms with Crippen LogP contribution in [0.25, 0.3) is 11.0 Å². The lowest BCUT2D eigenvalue weighted by atomic mass is 10.1. The van der Waals surface area contributed by atoms with Crippen LogP contribution < -0.4 is 16.3 Å². The molecule has 18 heavy (non-hydrogen) atoms. The lowest BCUT2D eigenvalue weighted by molar-refractivity contribution is 0.507. The van der Waals surface area contributed by atoms with Gasteiger partial charge in [-0.25, -0.2) is 4.79 Å². The van der Waals surface area contributed by atoms with Gasteiger partial charge in [0, 0.05) is 12.2 Å². The molecule has 98 valence electrons. The van der Waals surface area contributed by atoms with Crippen LogP contribution in [0.2, 0.25) is 0 Å². The van der Waals surface area contributed by atoms with E-state index >= 15 is 0 Å². The van der Waals surface area contributed by atoms with Gasteiger partial charge in [0.05, 0.1) is 11.0 Å². The molecule has 2 rings (SSSR count). The lowest BCUT2D eigenvalue weighted by Gasteiger charge is -2.15. The van der Waals surface area contributed by atoms with Gasteiger partial charge in [-0.15, -0.1) is 0 Å². The van der Waals surface area contributed by atoms with Gasteiger partial charge < -0.3 is 20.6 Å². The molecular formula is C13H20N4O. The maximum absolute atomic E-state index is 11.2. The molecule has 1 atom stereocenters. The van der Waals surface area contributed by atoms with E-state index in [-0.39, 0.29) is 5.69 Å². The fourth-order valence-corrected chi connectivity index (χ4v) is 2.05. The summed E-state index contributed by atoms with van der Waals surface area (Å²) in [7, 11) is 1.97. The Morgan fingerprint density at radius 3 is 2.72 bits per heavy atom. The molecule has 5 nitrogen and oxygen atoms in total. The summed E-state index contributed by atoms with van der Waals surface area (Å²) in [6.45, 7) is 4.13. The molecule has 0 aliphatic rings. The van der Waals surface area contributed by atoms with Crippen molar-refractivity contribution in [1.29, 1.82) is 0 Å². The molecule has 0 bridgehead atoms. The monoisotopic (exact) mass is 248 g/mol. The number of rotatable bonds is 6. The van der Waals surface area contributed by atoms with Crippen LogP contribution in [0, 0.1) is 5.92 Å². The summed E-state index contributed by atoms with van der Waals surface area (Å²) >= 11 is 0. The number of benzene rings is 1. The van der Waals surface area contributed by atoms with E-state index in [9.17, 15) is 4.79 Å². The summed E-state index contributed by atoms with van der Waals surface area (Å²) in [4.78, 5) is 16.7. The van der Waals surface area contributed by atoms with Crippen molar-refractivity contribution < 1.29 is 0 Å². The van der Waals surface area contributed by atoms with Crippen molar-refractivity contribution in [2.24, 2.45) is 5.92 Å². The molecule has 0 aliphatic heterocycles. The second-order valence-electron chi connectivity index (χ2n) is 4.55. The fraction of sp³-hybridized carbons (Fsp3) is 0.462. The number of aromatic amines is 2. The van der Waals surface area contributed by atoms with Crippen LogP contribution in [0.3, 0.4) is 0 Å². The maximum Gasteiger partial charge on any atom is 0.323 e. The summed E-state index contributed by atoms with van der Waals surface area (Å²) in [5.74, 6) is 0.607. The van der Waals surface area contributed by atoms with Crippen LogP contribution in [0.5, 0.6) is 0 Å². The Hall–Kier alpha value is -1.75. The number of hydrogen-bond acceptors (Lipinski definition) is 3. The standard InChI is InChI=1S/C13H20N4O/c1-3-9(7-14-2)8-15-10-4-5-11-12(6-10)17-13(18)16-11/h4-6,9,14-15H,3,7-8H2,1-2H3,(H2,16,17,18). The molecule has 4 N–H and O–H groups in total. The second-order valence-corrected chi connectivity index (χ2v) is 4.55. The van der Waals surface area contributed by atoms with Gasteiger partial charge in [0.15, 0.2) is 0 Å². The van der Waals surface area contributed by atoms with E-state index in [1.807, 2.05) is 25.2 Å². The Morgan fingerprint density at radius 1 is 1.22 bits per heavy atom. The number of imidazole rings is 1. The third kappa shape index (κ3) is 2.92. The van der Waals surface area contributed by atoms with Gasteiger partial charge in [-0.1, -0.05) is 13.3 Å². The average molecular weight is 248 g/mol. The minimum Gasteiger partial charge on any atom is -0.385 e. The molecule has 1 unspecified atom stereocenters. The van der Waals surface area contributed by atoms with Crippen LogP contribution in [0.1, 0.15) is 13.3 Å². The van der Waals surface area contributed by atoms with Crippen LogP contribution in [0.15, 0.2) is 23.0 Å². The van der Waals surface area contributed by atoms with Gasteiger partial charge in [-0.05, 0) is 37.7 Å². The van der Waals surface area contributed by atoms with Crippen molar-refractivity contribution in [3.05, 3.63) is 28.7 Å². The zero-order valence-electron chi connectivity index (χ0n) is 10.8. The summed E-state index contributed by atoms with van der Waals surface area (Å²) in [5.41, 5.74) is 2.55. The van der Waals surface area contributed by atoms with Crippen LogP contribution in [0.4, 0.5) is 5.69 Å². The van der Waals surface area contributed by atoms with Crippen molar-refractivity contribution in [3.8, 4) is 0 Å². The first-order valence-corrected chi connectivity index (χ1v) is 6.33. The van der Waals surface area contributed by atoms with Gasteiger partial charge in [0.1, 0.15) is 0 Å². The summed E-state index contributed by atoms with van der Waals surface area (Å²) in [6, 6.07) is 5.85. The number of nitrogens with one attached hydrogen (secondary N) is 4. The summed E-state index contributed by atoms with van der Waals surface area (Å²) < 4.78 is 0. The molecule has 5 heteroatoms. The lowest BCUT2D eigenvalue weighted by Crippen LogP contribution is -2.24. The Kier molecular flexibility index (Phi) is 4.04. The molecule has 0 aliphatic carbocycles. The van der Waals surface area contributed by atoms with Crippen molar-refractivity contribution in [2.75, 3.05) is 25.5 Å². The molecule has 0 spiro atoms. The smallest absolute Gasteiger partial charge is 0.323 e. The largest absolute Gasteiger partial charge is 0.385 e. The number of aromatic nitrogens is 2. The predicted molar refractivity (Wildman–Crippen MR) is 75.1 cm³/mol. The number of anilines is 1. The van der Waals surface area contributed by atoms with Crippen molar-refractivity contribution >= 4 is 16.7 Å². The van der Waals surface area contributed by atoms with Crippen LogP contribution >= 0.6 is 0 Å². The second kappa shape index (κ2) is 5.73. The van der Waals surface area contributed by atoms with Crippen LogP contribution in [-0.4, -0.2) is 30.1 Å². The van der Waals surface area contributed by atoms with E-state index in [1.165, 1.54) is 0 Å². The Balaban J connectivity index is 2.04. The highest BCUT2D eigenvalue weighted by Crippen LogP contribution is 2.15. The minimum absolute atomic E-state index is 0.163. The number of fused-ring (bicyclic) bond motifs is 1. The quantitative estimate of drug-likeness (QED) is 0.626. The average Bonchev–Trinajstić information content (AvgIpc) is 2.73. The Morgan fingerprint density at radius 2 is 2.00 bits per heavy atom. The minimum atomic E-state index is -0.163. The van der Waals surface area contributed by atoms with Crippen molar-refractivity contribution in [2.45, 2.75) is 13.3 Å². The first kappa shape index (κ1) is 12.7. The first-order valence-electron chi connectivity index (χ1n) is 6.33. The van der Waals surface area contributed by atoms with Gasteiger partial charge in [0.2, 0.25) is 0 Å². The van der Waals surface area contributed by atoms with Gasteiger partial charge >= 0.3 is 5.69 Å². The molecule has 0 fully saturated rings. The molecule has 1 heterocycles. The summed E-state index contributed by atoms with van der Waals surface area (Å²) in [5, 5.41) is 6.60. The van der Waals surface area contributed by atoms with Crippen molar-refractivity contribution in [3.63, 3.8) is 0 Å². The van der Waals surface area contributed by atoms with E-state index < -0.39 is 0 Å².